The maximum absolute atomic E-state index is 13.9. The zero-order valence-corrected chi connectivity index (χ0v) is 13.2. The van der Waals surface area contributed by atoms with Crippen molar-refractivity contribution in [2.75, 3.05) is 10.6 Å². The standard InChI is InChI=1S/C17H15FN2O2S/c1-10(21)19-12-6-7-13(18)14(9-12)20-17(22)16-8-11-4-2-3-5-15(11)23-16/h2-7,9,16H,8H2,1H3,(H,19,21)(H,20,22). The first-order valence-corrected chi connectivity index (χ1v) is 8.03. The van der Waals surface area contributed by atoms with Crippen molar-refractivity contribution >= 4 is 35.0 Å². The lowest BCUT2D eigenvalue weighted by Crippen LogP contribution is -2.25. The lowest BCUT2D eigenvalue weighted by molar-refractivity contribution is -0.116. The van der Waals surface area contributed by atoms with Crippen LogP contribution in [0.1, 0.15) is 12.5 Å². The Morgan fingerprint density at radius 3 is 2.70 bits per heavy atom. The van der Waals surface area contributed by atoms with E-state index in [9.17, 15) is 14.0 Å². The van der Waals surface area contributed by atoms with Crippen LogP contribution in [0.4, 0.5) is 15.8 Å². The molecule has 1 atom stereocenters. The van der Waals surface area contributed by atoms with E-state index in [2.05, 4.69) is 10.6 Å². The smallest absolute Gasteiger partial charge is 0.238 e. The molecule has 2 aromatic carbocycles. The molecule has 0 aromatic heterocycles. The molecule has 0 aliphatic carbocycles. The molecule has 23 heavy (non-hydrogen) atoms. The molecule has 118 valence electrons. The van der Waals surface area contributed by atoms with Crippen molar-refractivity contribution in [1.82, 2.24) is 0 Å². The van der Waals surface area contributed by atoms with Crippen molar-refractivity contribution in [3.8, 4) is 0 Å². The Morgan fingerprint density at radius 1 is 1.17 bits per heavy atom. The number of fused-ring (bicyclic) bond motifs is 1. The summed E-state index contributed by atoms with van der Waals surface area (Å²) in [5.74, 6) is -1.03. The van der Waals surface area contributed by atoms with Gasteiger partial charge in [0, 0.05) is 17.5 Å². The number of hydrogen-bond donors (Lipinski definition) is 2. The third-order valence-electron chi connectivity index (χ3n) is 3.48. The zero-order chi connectivity index (χ0) is 16.4. The van der Waals surface area contributed by atoms with Crippen molar-refractivity contribution in [3.63, 3.8) is 0 Å². The molecule has 4 nitrogen and oxygen atoms in total. The second-order valence-corrected chi connectivity index (χ2v) is 6.53. The van der Waals surface area contributed by atoms with E-state index in [0.717, 1.165) is 10.5 Å². The molecule has 2 N–H and O–H groups in total. The van der Waals surface area contributed by atoms with Gasteiger partial charge in [-0.25, -0.2) is 4.39 Å². The average Bonchev–Trinajstić information content (AvgIpc) is 2.94. The summed E-state index contributed by atoms with van der Waals surface area (Å²) in [5.41, 5.74) is 1.64. The molecule has 3 rings (SSSR count). The maximum Gasteiger partial charge on any atom is 0.238 e. The first kappa shape index (κ1) is 15.6. The highest BCUT2D eigenvalue weighted by molar-refractivity contribution is 8.01. The number of rotatable bonds is 3. The van der Waals surface area contributed by atoms with Crippen LogP contribution in [0.5, 0.6) is 0 Å². The fourth-order valence-corrected chi connectivity index (χ4v) is 3.64. The topological polar surface area (TPSA) is 58.2 Å². The normalized spacial score (nSPS) is 15.8. The fraction of sp³-hybridized carbons (Fsp3) is 0.176. The van der Waals surface area contributed by atoms with Gasteiger partial charge in [-0.2, -0.15) is 0 Å². The lowest BCUT2D eigenvalue weighted by atomic mass is 10.1. The van der Waals surface area contributed by atoms with Crippen LogP contribution < -0.4 is 10.6 Å². The number of halogens is 1. The number of hydrogen-bond acceptors (Lipinski definition) is 3. The van der Waals surface area contributed by atoms with Gasteiger partial charge < -0.3 is 10.6 Å². The van der Waals surface area contributed by atoms with Crippen molar-refractivity contribution in [2.24, 2.45) is 0 Å². The van der Waals surface area contributed by atoms with E-state index in [1.165, 1.54) is 36.9 Å². The summed E-state index contributed by atoms with van der Waals surface area (Å²) < 4.78 is 13.9. The summed E-state index contributed by atoms with van der Waals surface area (Å²) in [5, 5.41) is 4.90. The van der Waals surface area contributed by atoms with Gasteiger partial charge in [0.05, 0.1) is 10.9 Å². The molecule has 6 heteroatoms. The summed E-state index contributed by atoms with van der Waals surface area (Å²) in [6.45, 7) is 1.37. The van der Waals surface area contributed by atoms with Crippen molar-refractivity contribution in [1.29, 1.82) is 0 Å². The molecule has 1 aliphatic heterocycles. The average molecular weight is 330 g/mol. The molecule has 2 aromatic rings. The summed E-state index contributed by atoms with van der Waals surface area (Å²) in [7, 11) is 0. The van der Waals surface area contributed by atoms with E-state index in [0.29, 0.717) is 12.1 Å². The SMILES string of the molecule is CC(=O)Nc1ccc(F)c(NC(=O)C2Cc3ccccc3S2)c1. The van der Waals surface area contributed by atoms with Gasteiger partial charge in [-0.3, -0.25) is 9.59 Å². The number of anilines is 2. The summed E-state index contributed by atoms with van der Waals surface area (Å²) in [4.78, 5) is 24.5. The number of benzene rings is 2. The minimum Gasteiger partial charge on any atom is -0.326 e. The molecule has 0 saturated heterocycles. The van der Waals surface area contributed by atoms with Gasteiger partial charge in [0.15, 0.2) is 0 Å². The third-order valence-corrected chi connectivity index (χ3v) is 4.80. The van der Waals surface area contributed by atoms with Crippen LogP contribution >= 0.6 is 11.8 Å². The van der Waals surface area contributed by atoms with E-state index < -0.39 is 5.82 Å². The maximum atomic E-state index is 13.9. The summed E-state index contributed by atoms with van der Waals surface area (Å²) in [6, 6.07) is 11.9. The molecule has 1 aliphatic rings. The number of thioether (sulfide) groups is 1. The van der Waals surface area contributed by atoms with Crippen LogP contribution in [0.2, 0.25) is 0 Å². The van der Waals surface area contributed by atoms with Gasteiger partial charge in [0.2, 0.25) is 11.8 Å². The lowest BCUT2D eigenvalue weighted by Gasteiger charge is -2.12. The zero-order valence-electron chi connectivity index (χ0n) is 12.4. The Balaban J connectivity index is 1.72. The quantitative estimate of drug-likeness (QED) is 0.906. The number of amides is 2. The summed E-state index contributed by atoms with van der Waals surface area (Å²) in [6.07, 6.45) is 0.625. The molecular formula is C17H15FN2O2S. The van der Waals surface area contributed by atoms with Gasteiger partial charge in [0.1, 0.15) is 5.82 Å². The Bertz CT molecular complexity index is 754. The van der Waals surface area contributed by atoms with Crippen LogP contribution in [0.3, 0.4) is 0 Å². The Hall–Kier alpha value is -2.34. The first-order chi connectivity index (χ1) is 11.0. The van der Waals surface area contributed by atoms with Crippen LogP contribution in [-0.2, 0) is 16.0 Å². The van der Waals surface area contributed by atoms with Crippen molar-refractivity contribution in [3.05, 3.63) is 53.8 Å². The van der Waals surface area contributed by atoms with Crippen LogP contribution in [0.15, 0.2) is 47.4 Å². The van der Waals surface area contributed by atoms with Crippen LogP contribution in [0.25, 0.3) is 0 Å². The molecule has 0 radical (unpaired) electrons. The van der Waals surface area contributed by atoms with E-state index in [1.54, 1.807) is 0 Å². The van der Waals surface area contributed by atoms with Crippen LogP contribution in [-0.4, -0.2) is 17.1 Å². The first-order valence-electron chi connectivity index (χ1n) is 7.15. The van der Waals surface area contributed by atoms with Gasteiger partial charge in [-0.05, 0) is 36.2 Å². The van der Waals surface area contributed by atoms with E-state index in [-0.39, 0.29) is 22.8 Å². The van der Waals surface area contributed by atoms with Gasteiger partial charge in [-0.1, -0.05) is 18.2 Å². The monoisotopic (exact) mass is 330 g/mol. The second kappa shape index (κ2) is 6.42. The number of carbonyl (C=O) groups is 2. The van der Waals surface area contributed by atoms with Crippen molar-refractivity contribution < 1.29 is 14.0 Å². The van der Waals surface area contributed by atoms with Gasteiger partial charge in [0.25, 0.3) is 0 Å². The van der Waals surface area contributed by atoms with Crippen LogP contribution in [0, 0.1) is 5.82 Å². The van der Waals surface area contributed by atoms with E-state index in [4.69, 9.17) is 0 Å². The molecule has 1 unspecified atom stereocenters. The Labute approximate surface area is 137 Å². The molecule has 2 amide bonds. The van der Waals surface area contributed by atoms with Gasteiger partial charge >= 0.3 is 0 Å². The molecule has 0 spiro atoms. The fourth-order valence-electron chi connectivity index (χ4n) is 2.44. The number of carbonyl (C=O) groups excluding carboxylic acids is 2. The highest BCUT2D eigenvalue weighted by atomic mass is 32.2. The molecule has 0 saturated carbocycles. The largest absolute Gasteiger partial charge is 0.326 e. The predicted octanol–water partition coefficient (Wildman–Crippen LogP) is 3.44. The third kappa shape index (κ3) is 3.53. The number of nitrogens with one attached hydrogen (secondary N) is 2. The molecule has 0 bridgehead atoms. The minimum absolute atomic E-state index is 0.0674. The van der Waals surface area contributed by atoms with Crippen molar-refractivity contribution in [2.45, 2.75) is 23.5 Å². The summed E-state index contributed by atoms with van der Waals surface area (Å²) >= 11 is 1.48. The molecule has 0 fully saturated rings. The predicted molar refractivity (Wildman–Crippen MR) is 89.1 cm³/mol. The highest BCUT2D eigenvalue weighted by Gasteiger charge is 2.28. The highest BCUT2D eigenvalue weighted by Crippen LogP contribution is 2.37. The van der Waals surface area contributed by atoms with Gasteiger partial charge in [-0.15, -0.1) is 11.8 Å². The molecule has 1 heterocycles. The van der Waals surface area contributed by atoms with E-state index >= 15 is 0 Å². The Morgan fingerprint density at radius 2 is 1.96 bits per heavy atom. The van der Waals surface area contributed by atoms with E-state index in [1.807, 2.05) is 24.3 Å². The molecular weight excluding hydrogens is 315 g/mol. The minimum atomic E-state index is -0.534. The second-order valence-electron chi connectivity index (χ2n) is 5.28. The Kier molecular flexibility index (Phi) is 4.34.